The Morgan fingerprint density at radius 3 is 2.52 bits per heavy atom. The summed E-state index contributed by atoms with van der Waals surface area (Å²) in [7, 11) is 3.55. The number of nitrogens with one attached hydrogen (secondary N) is 1. The highest BCUT2D eigenvalue weighted by molar-refractivity contribution is 9.10. The van der Waals surface area contributed by atoms with Crippen LogP contribution in [-0.4, -0.2) is 59.2 Å². The lowest BCUT2D eigenvalue weighted by atomic mass is 10.3. The molecule has 1 aromatic heterocycles. The van der Waals surface area contributed by atoms with Crippen LogP contribution in [0.3, 0.4) is 0 Å². The van der Waals surface area contributed by atoms with Crippen LogP contribution < -0.4 is 5.32 Å². The first-order chi connectivity index (χ1) is 13.8. The molecule has 0 saturated heterocycles. The highest BCUT2D eigenvalue weighted by Crippen LogP contribution is 2.22. The van der Waals surface area contributed by atoms with Crippen LogP contribution in [0.15, 0.2) is 47.1 Å². The van der Waals surface area contributed by atoms with Gasteiger partial charge in [-0.15, -0.1) is 0 Å². The SMILES string of the molecule is COCCN(Cc1cccn1C)C(=O)CN(C(=O)Nc1ccccc1Br)C(C)C. The van der Waals surface area contributed by atoms with Crippen LogP contribution in [0.4, 0.5) is 10.5 Å². The number of hydrogen-bond donors (Lipinski definition) is 1. The molecule has 158 valence electrons. The van der Waals surface area contributed by atoms with Gasteiger partial charge >= 0.3 is 6.03 Å². The summed E-state index contributed by atoms with van der Waals surface area (Å²) in [6.07, 6.45) is 1.94. The number of anilines is 1. The molecule has 0 radical (unpaired) electrons. The lowest BCUT2D eigenvalue weighted by Crippen LogP contribution is -2.48. The average Bonchev–Trinajstić information content (AvgIpc) is 3.08. The Kier molecular flexibility index (Phi) is 8.72. The molecule has 0 aliphatic heterocycles. The third kappa shape index (κ3) is 6.61. The standard InChI is InChI=1S/C21H29BrN4O3/c1-16(2)26(21(28)23-19-10-6-5-9-18(19)22)15-20(27)25(12-13-29-4)14-17-8-7-11-24(17)3/h5-11,16H,12-15H2,1-4H3,(H,23,28). The fourth-order valence-corrected chi connectivity index (χ4v) is 3.22. The van der Waals surface area contributed by atoms with Gasteiger partial charge in [0, 0.05) is 43.1 Å². The quantitative estimate of drug-likeness (QED) is 0.614. The van der Waals surface area contributed by atoms with Crippen molar-refractivity contribution in [2.45, 2.75) is 26.4 Å². The molecule has 0 saturated carbocycles. The van der Waals surface area contributed by atoms with E-state index >= 15 is 0 Å². The normalized spacial score (nSPS) is 10.8. The number of carbonyl (C=O) groups excluding carboxylic acids is 2. The molecule has 2 rings (SSSR count). The Labute approximate surface area is 180 Å². The fraction of sp³-hybridized carbons (Fsp3) is 0.429. The first-order valence-electron chi connectivity index (χ1n) is 9.52. The number of aromatic nitrogens is 1. The Balaban J connectivity index is 2.11. The van der Waals surface area contributed by atoms with Crippen LogP contribution >= 0.6 is 15.9 Å². The average molecular weight is 465 g/mol. The molecule has 29 heavy (non-hydrogen) atoms. The molecular weight excluding hydrogens is 436 g/mol. The summed E-state index contributed by atoms with van der Waals surface area (Å²) < 4.78 is 7.93. The van der Waals surface area contributed by atoms with Crippen LogP contribution in [0.2, 0.25) is 0 Å². The van der Waals surface area contributed by atoms with Gasteiger partial charge in [-0.1, -0.05) is 12.1 Å². The van der Waals surface area contributed by atoms with Crippen molar-refractivity contribution >= 4 is 33.6 Å². The number of nitrogens with zero attached hydrogens (tertiary/aromatic N) is 3. The van der Waals surface area contributed by atoms with Crippen LogP contribution in [-0.2, 0) is 23.1 Å². The monoisotopic (exact) mass is 464 g/mol. The molecule has 0 aliphatic carbocycles. The lowest BCUT2D eigenvalue weighted by molar-refractivity contribution is -0.133. The van der Waals surface area contributed by atoms with E-state index in [1.807, 2.05) is 68.1 Å². The van der Waals surface area contributed by atoms with E-state index in [1.165, 1.54) is 4.90 Å². The summed E-state index contributed by atoms with van der Waals surface area (Å²) in [6.45, 7) is 5.12. The molecule has 0 unspecified atom stereocenters. The summed E-state index contributed by atoms with van der Waals surface area (Å²) in [4.78, 5) is 29.2. The summed E-state index contributed by atoms with van der Waals surface area (Å²) >= 11 is 3.43. The van der Waals surface area contributed by atoms with Crippen molar-refractivity contribution in [2.75, 3.05) is 32.1 Å². The summed E-state index contributed by atoms with van der Waals surface area (Å²) in [5, 5.41) is 2.87. The number of methoxy groups -OCH3 is 1. The number of halogens is 1. The Morgan fingerprint density at radius 1 is 1.21 bits per heavy atom. The van der Waals surface area contributed by atoms with E-state index in [0.717, 1.165) is 10.2 Å². The minimum Gasteiger partial charge on any atom is -0.383 e. The van der Waals surface area contributed by atoms with Crippen LogP contribution in [0.1, 0.15) is 19.5 Å². The molecule has 3 amide bonds. The predicted octanol–water partition coefficient (Wildman–Crippen LogP) is 3.71. The molecule has 1 heterocycles. The molecule has 0 spiro atoms. The Morgan fingerprint density at radius 2 is 1.93 bits per heavy atom. The van der Waals surface area contributed by atoms with E-state index in [-0.39, 0.29) is 24.5 Å². The van der Waals surface area contributed by atoms with E-state index in [9.17, 15) is 9.59 Å². The second-order valence-corrected chi connectivity index (χ2v) is 7.90. The Bertz CT molecular complexity index is 822. The number of hydrogen-bond acceptors (Lipinski definition) is 3. The van der Waals surface area contributed by atoms with E-state index in [1.54, 1.807) is 12.0 Å². The molecule has 7 nitrogen and oxygen atoms in total. The third-order valence-electron chi connectivity index (χ3n) is 4.63. The summed E-state index contributed by atoms with van der Waals surface area (Å²) in [5.74, 6) is -0.126. The maximum atomic E-state index is 13.1. The van der Waals surface area contributed by atoms with Gasteiger partial charge in [0.1, 0.15) is 6.54 Å². The lowest BCUT2D eigenvalue weighted by Gasteiger charge is -2.30. The minimum absolute atomic E-state index is 0.0118. The van der Waals surface area contributed by atoms with Gasteiger partial charge < -0.3 is 24.4 Å². The van der Waals surface area contributed by atoms with E-state index in [2.05, 4.69) is 21.2 Å². The highest BCUT2D eigenvalue weighted by atomic mass is 79.9. The van der Waals surface area contributed by atoms with Crippen LogP contribution in [0.25, 0.3) is 0 Å². The van der Waals surface area contributed by atoms with Gasteiger partial charge in [0.2, 0.25) is 5.91 Å². The Hall–Kier alpha value is -2.32. The van der Waals surface area contributed by atoms with Crippen molar-refractivity contribution < 1.29 is 14.3 Å². The zero-order valence-corrected chi connectivity index (χ0v) is 19.0. The predicted molar refractivity (Wildman–Crippen MR) is 118 cm³/mol. The van der Waals surface area contributed by atoms with Crippen molar-refractivity contribution in [3.63, 3.8) is 0 Å². The first kappa shape index (κ1) is 23.0. The van der Waals surface area contributed by atoms with Gasteiger partial charge in [0.05, 0.1) is 18.8 Å². The molecule has 0 atom stereocenters. The molecule has 0 fully saturated rings. The smallest absolute Gasteiger partial charge is 0.322 e. The maximum Gasteiger partial charge on any atom is 0.322 e. The van der Waals surface area contributed by atoms with Gasteiger partial charge in [-0.3, -0.25) is 4.79 Å². The molecular formula is C21H29BrN4O3. The number of urea groups is 1. The zero-order chi connectivity index (χ0) is 21.4. The molecule has 1 aromatic carbocycles. The number of aryl methyl sites for hydroxylation is 1. The molecule has 0 bridgehead atoms. The molecule has 0 aliphatic rings. The molecule has 2 aromatic rings. The number of rotatable bonds is 9. The van der Waals surface area contributed by atoms with E-state index in [0.29, 0.717) is 25.4 Å². The molecule has 8 heteroatoms. The van der Waals surface area contributed by atoms with Crippen molar-refractivity contribution in [3.8, 4) is 0 Å². The highest BCUT2D eigenvalue weighted by Gasteiger charge is 2.24. The number of benzene rings is 1. The van der Waals surface area contributed by atoms with Crippen molar-refractivity contribution in [1.82, 2.24) is 14.4 Å². The third-order valence-corrected chi connectivity index (χ3v) is 5.32. The zero-order valence-electron chi connectivity index (χ0n) is 17.4. The van der Waals surface area contributed by atoms with Crippen molar-refractivity contribution in [2.24, 2.45) is 7.05 Å². The topological polar surface area (TPSA) is 66.8 Å². The van der Waals surface area contributed by atoms with Crippen molar-refractivity contribution in [1.29, 1.82) is 0 Å². The maximum absolute atomic E-state index is 13.1. The van der Waals surface area contributed by atoms with Gasteiger partial charge in [-0.05, 0) is 54.0 Å². The van der Waals surface area contributed by atoms with Crippen LogP contribution in [0.5, 0.6) is 0 Å². The second-order valence-electron chi connectivity index (χ2n) is 7.05. The van der Waals surface area contributed by atoms with Crippen molar-refractivity contribution in [3.05, 3.63) is 52.8 Å². The summed E-state index contributed by atoms with van der Waals surface area (Å²) in [5.41, 5.74) is 1.68. The van der Waals surface area contributed by atoms with Gasteiger partial charge in [-0.25, -0.2) is 4.79 Å². The second kappa shape index (κ2) is 11.0. The van der Waals surface area contributed by atoms with E-state index < -0.39 is 0 Å². The van der Waals surface area contributed by atoms with Crippen LogP contribution in [0, 0.1) is 0 Å². The minimum atomic E-state index is -0.314. The number of amides is 3. The summed E-state index contributed by atoms with van der Waals surface area (Å²) in [6, 6.07) is 10.9. The molecule has 1 N–H and O–H groups in total. The largest absolute Gasteiger partial charge is 0.383 e. The number of carbonyl (C=O) groups is 2. The van der Waals surface area contributed by atoms with Gasteiger partial charge in [0.25, 0.3) is 0 Å². The van der Waals surface area contributed by atoms with Gasteiger partial charge in [0.15, 0.2) is 0 Å². The first-order valence-corrected chi connectivity index (χ1v) is 10.3. The number of para-hydroxylation sites is 1. The van der Waals surface area contributed by atoms with E-state index in [4.69, 9.17) is 4.74 Å². The van der Waals surface area contributed by atoms with Gasteiger partial charge in [-0.2, -0.15) is 0 Å². The fourth-order valence-electron chi connectivity index (χ4n) is 2.83. The number of ether oxygens (including phenoxy) is 1.